The summed E-state index contributed by atoms with van der Waals surface area (Å²) in [5.74, 6) is 1.75. The lowest BCUT2D eigenvalue weighted by Gasteiger charge is -2.17. The van der Waals surface area contributed by atoms with Crippen LogP contribution in [0.1, 0.15) is 33.1 Å². The number of thiol groups is 2. The molecule has 0 aliphatic heterocycles. The molecular formula is C8H19NS2. The van der Waals surface area contributed by atoms with Crippen molar-refractivity contribution in [2.75, 3.05) is 5.75 Å². The van der Waals surface area contributed by atoms with Crippen LogP contribution in [-0.2, 0) is 0 Å². The van der Waals surface area contributed by atoms with Gasteiger partial charge in [0, 0.05) is 6.04 Å². The lowest BCUT2D eigenvalue weighted by Crippen LogP contribution is -2.22. The quantitative estimate of drug-likeness (QED) is 0.551. The fraction of sp³-hybridized carbons (Fsp3) is 1.00. The lowest BCUT2D eigenvalue weighted by molar-refractivity contribution is 0.433. The maximum atomic E-state index is 4.20. The molecule has 0 aromatic rings. The van der Waals surface area contributed by atoms with Crippen molar-refractivity contribution in [3.05, 3.63) is 0 Å². The fourth-order valence-corrected chi connectivity index (χ4v) is 1.86. The summed E-state index contributed by atoms with van der Waals surface area (Å²) < 4.78 is 3.01. The van der Waals surface area contributed by atoms with Crippen LogP contribution >= 0.6 is 25.4 Å². The van der Waals surface area contributed by atoms with Gasteiger partial charge in [-0.1, -0.05) is 26.7 Å². The molecule has 0 fully saturated rings. The fourth-order valence-electron chi connectivity index (χ4n) is 1.13. The molecule has 11 heavy (non-hydrogen) atoms. The van der Waals surface area contributed by atoms with Crippen LogP contribution in [0, 0.1) is 5.92 Å². The second-order valence-electron chi connectivity index (χ2n) is 3.09. The molecule has 2 atom stereocenters. The van der Waals surface area contributed by atoms with Crippen LogP contribution in [0.15, 0.2) is 0 Å². The minimum Gasteiger partial charge on any atom is -0.264 e. The Kier molecular flexibility index (Phi) is 7.76. The van der Waals surface area contributed by atoms with Gasteiger partial charge in [0.15, 0.2) is 0 Å². The highest BCUT2D eigenvalue weighted by molar-refractivity contribution is 7.80. The van der Waals surface area contributed by atoms with E-state index in [-0.39, 0.29) is 0 Å². The maximum Gasteiger partial charge on any atom is 0.0169 e. The van der Waals surface area contributed by atoms with Gasteiger partial charge in [-0.25, -0.2) is 0 Å². The molecule has 0 aromatic carbocycles. The van der Waals surface area contributed by atoms with Gasteiger partial charge in [0.25, 0.3) is 0 Å². The van der Waals surface area contributed by atoms with Gasteiger partial charge in [-0.05, 0) is 30.9 Å². The molecule has 0 rings (SSSR count). The second-order valence-corrected chi connectivity index (χ2v) is 3.79. The Morgan fingerprint density at radius 1 is 1.45 bits per heavy atom. The third kappa shape index (κ3) is 5.88. The van der Waals surface area contributed by atoms with Crippen LogP contribution in [0.25, 0.3) is 0 Å². The van der Waals surface area contributed by atoms with E-state index in [1.165, 1.54) is 12.8 Å². The van der Waals surface area contributed by atoms with E-state index in [2.05, 4.69) is 44.0 Å². The first-order valence-electron chi connectivity index (χ1n) is 4.25. The van der Waals surface area contributed by atoms with Crippen molar-refractivity contribution in [1.29, 1.82) is 0 Å². The molecule has 2 unspecified atom stereocenters. The third-order valence-corrected chi connectivity index (χ3v) is 2.61. The molecule has 0 saturated heterocycles. The Morgan fingerprint density at radius 3 is 2.45 bits per heavy atom. The molecule has 0 amide bonds. The number of hydrogen-bond donors (Lipinski definition) is 3. The van der Waals surface area contributed by atoms with Crippen molar-refractivity contribution in [3.63, 3.8) is 0 Å². The Balaban J connectivity index is 3.44. The van der Waals surface area contributed by atoms with Crippen LogP contribution in [0.3, 0.4) is 0 Å². The average molecular weight is 193 g/mol. The van der Waals surface area contributed by atoms with Crippen molar-refractivity contribution in [3.8, 4) is 0 Å². The van der Waals surface area contributed by atoms with E-state index in [0.29, 0.717) is 6.04 Å². The Bertz CT molecular complexity index is 84.2. The molecule has 1 nitrogen and oxygen atoms in total. The van der Waals surface area contributed by atoms with E-state index in [1.807, 2.05) is 0 Å². The van der Waals surface area contributed by atoms with E-state index in [4.69, 9.17) is 0 Å². The zero-order chi connectivity index (χ0) is 8.69. The number of rotatable bonds is 6. The summed E-state index contributed by atoms with van der Waals surface area (Å²) in [6.07, 6.45) is 3.57. The third-order valence-electron chi connectivity index (χ3n) is 1.98. The molecule has 0 spiro atoms. The molecule has 3 heteroatoms. The first-order chi connectivity index (χ1) is 5.24. The summed E-state index contributed by atoms with van der Waals surface area (Å²) in [6.45, 7) is 4.45. The summed E-state index contributed by atoms with van der Waals surface area (Å²) in [4.78, 5) is 0. The van der Waals surface area contributed by atoms with Gasteiger partial charge in [0.05, 0.1) is 0 Å². The van der Waals surface area contributed by atoms with E-state index in [0.717, 1.165) is 18.1 Å². The molecule has 0 aromatic heterocycles. The average Bonchev–Trinajstić information content (AvgIpc) is 2.01. The van der Waals surface area contributed by atoms with E-state index in [1.54, 1.807) is 0 Å². The van der Waals surface area contributed by atoms with Gasteiger partial charge in [-0.15, -0.1) is 0 Å². The summed E-state index contributed by atoms with van der Waals surface area (Å²) in [5, 5.41) is 0. The molecule has 0 bridgehead atoms. The summed E-state index contributed by atoms with van der Waals surface area (Å²) in [7, 11) is 0. The zero-order valence-corrected chi connectivity index (χ0v) is 9.17. The van der Waals surface area contributed by atoms with Crippen molar-refractivity contribution in [2.24, 2.45) is 5.92 Å². The minimum atomic E-state index is 0.563. The van der Waals surface area contributed by atoms with Crippen LogP contribution in [0.5, 0.6) is 0 Å². The topological polar surface area (TPSA) is 12.0 Å². The standard InChI is InChI=1S/C8H19NS2/c1-3-8(9-11)6-7(2)4-5-10/h7-11H,3-6H2,1-2H3. The van der Waals surface area contributed by atoms with Gasteiger partial charge >= 0.3 is 0 Å². The van der Waals surface area contributed by atoms with Gasteiger partial charge in [-0.2, -0.15) is 12.6 Å². The highest BCUT2D eigenvalue weighted by Gasteiger charge is 2.08. The largest absolute Gasteiger partial charge is 0.264 e. The van der Waals surface area contributed by atoms with Crippen molar-refractivity contribution < 1.29 is 0 Å². The van der Waals surface area contributed by atoms with Crippen LogP contribution in [0.2, 0.25) is 0 Å². The van der Waals surface area contributed by atoms with Crippen LogP contribution in [0.4, 0.5) is 0 Å². The van der Waals surface area contributed by atoms with E-state index in [9.17, 15) is 0 Å². The van der Waals surface area contributed by atoms with Crippen molar-refractivity contribution in [1.82, 2.24) is 4.72 Å². The van der Waals surface area contributed by atoms with E-state index < -0.39 is 0 Å². The molecule has 1 N–H and O–H groups in total. The van der Waals surface area contributed by atoms with Crippen LogP contribution in [-0.4, -0.2) is 11.8 Å². The monoisotopic (exact) mass is 193 g/mol. The lowest BCUT2D eigenvalue weighted by atomic mass is 9.98. The van der Waals surface area contributed by atoms with E-state index >= 15 is 0 Å². The molecule has 0 saturated carbocycles. The minimum absolute atomic E-state index is 0.563. The molecule has 0 heterocycles. The zero-order valence-electron chi connectivity index (χ0n) is 7.38. The van der Waals surface area contributed by atoms with Gasteiger partial charge in [0.1, 0.15) is 0 Å². The Morgan fingerprint density at radius 2 is 2.09 bits per heavy atom. The highest BCUT2D eigenvalue weighted by atomic mass is 32.1. The van der Waals surface area contributed by atoms with Gasteiger partial charge in [0.2, 0.25) is 0 Å². The molecule has 0 radical (unpaired) electrons. The Hall–Kier alpha value is 0.660. The first-order valence-corrected chi connectivity index (χ1v) is 5.33. The molecule has 0 aliphatic carbocycles. The van der Waals surface area contributed by atoms with Crippen molar-refractivity contribution >= 4 is 25.4 Å². The normalized spacial score (nSPS) is 16.4. The molecule has 68 valence electrons. The smallest absolute Gasteiger partial charge is 0.0169 e. The highest BCUT2D eigenvalue weighted by Crippen LogP contribution is 2.13. The van der Waals surface area contributed by atoms with Gasteiger partial charge < -0.3 is 0 Å². The Labute approximate surface area is 81.3 Å². The predicted octanol–water partition coefficient (Wildman–Crippen LogP) is 2.55. The number of nitrogens with one attached hydrogen (secondary N) is 1. The molecular weight excluding hydrogens is 174 g/mol. The summed E-state index contributed by atoms with van der Waals surface area (Å²) >= 11 is 8.27. The number of hydrogen-bond acceptors (Lipinski definition) is 3. The van der Waals surface area contributed by atoms with Crippen LogP contribution < -0.4 is 4.72 Å². The van der Waals surface area contributed by atoms with Gasteiger partial charge in [-0.3, -0.25) is 4.72 Å². The summed E-state index contributed by atoms with van der Waals surface area (Å²) in [6, 6.07) is 0.563. The first kappa shape index (κ1) is 11.7. The SMILES string of the molecule is CCC(CC(C)CCS)NS. The predicted molar refractivity (Wildman–Crippen MR) is 58.5 cm³/mol. The molecule has 0 aliphatic rings. The maximum absolute atomic E-state index is 4.20. The second kappa shape index (κ2) is 7.32. The summed E-state index contributed by atoms with van der Waals surface area (Å²) in [5.41, 5.74) is 0. The van der Waals surface area contributed by atoms with Crippen molar-refractivity contribution in [2.45, 2.75) is 39.2 Å².